The average molecular weight is 347 g/mol. The number of rotatable bonds is 9. The first-order chi connectivity index (χ1) is 11.2. The normalized spacial score (nSPS) is 12.3. The van der Waals surface area contributed by atoms with Crippen molar-refractivity contribution in [1.29, 1.82) is 0 Å². The number of hydrogen-bond acceptors (Lipinski definition) is 4. The van der Waals surface area contributed by atoms with Gasteiger partial charge in [-0.15, -0.1) is 6.58 Å². The third-order valence-electron chi connectivity index (χ3n) is 2.68. The van der Waals surface area contributed by atoms with Crippen molar-refractivity contribution < 1.29 is 37.3 Å². The molecule has 132 valence electrons. The molecule has 6 nitrogen and oxygen atoms in total. The van der Waals surface area contributed by atoms with E-state index in [9.17, 15) is 22.8 Å². The number of amides is 1. The zero-order valence-electron chi connectivity index (χ0n) is 12.5. The largest absolute Gasteiger partial charge is 0.484 e. The van der Waals surface area contributed by atoms with Crippen LogP contribution >= 0.6 is 0 Å². The highest BCUT2D eigenvalue weighted by Crippen LogP contribution is 2.31. The molecule has 1 rings (SSSR count). The summed E-state index contributed by atoms with van der Waals surface area (Å²) in [6.07, 6.45) is -3.12. The van der Waals surface area contributed by atoms with Crippen LogP contribution in [-0.2, 0) is 20.5 Å². The van der Waals surface area contributed by atoms with E-state index in [0.717, 1.165) is 18.2 Å². The summed E-state index contributed by atoms with van der Waals surface area (Å²) in [6.45, 7) is 2.59. The number of alkyl halides is 3. The Balaban J connectivity index is 2.55. The topological polar surface area (TPSA) is 84.9 Å². The number of ether oxygens (including phenoxy) is 2. The monoisotopic (exact) mass is 347 g/mol. The molecule has 0 spiro atoms. The molecule has 1 atom stereocenters. The molecule has 24 heavy (non-hydrogen) atoms. The van der Waals surface area contributed by atoms with E-state index in [0.29, 0.717) is 0 Å². The van der Waals surface area contributed by atoms with E-state index < -0.39 is 36.3 Å². The Bertz CT molecular complexity index is 589. The summed E-state index contributed by atoms with van der Waals surface area (Å²) in [5.74, 6) is -2.27. The van der Waals surface area contributed by atoms with E-state index in [4.69, 9.17) is 14.6 Å². The number of carboxylic acid groups (broad SMARTS) is 1. The molecule has 2 N–H and O–H groups in total. The second kappa shape index (κ2) is 8.92. The maximum absolute atomic E-state index is 12.6. The Morgan fingerprint density at radius 1 is 1.38 bits per heavy atom. The lowest BCUT2D eigenvalue weighted by atomic mass is 10.2. The molecule has 0 bridgehead atoms. The fraction of sp³-hybridized carbons (Fsp3) is 0.333. The fourth-order valence-corrected chi connectivity index (χ4v) is 1.59. The molecule has 1 amide bonds. The molecule has 0 saturated carbocycles. The molecule has 0 aliphatic carbocycles. The van der Waals surface area contributed by atoms with E-state index in [-0.39, 0.29) is 19.0 Å². The van der Waals surface area contributed by atoms with Crippen molar-refractivity contribution in [2.45, 2.75) is 12.2 Å². The molecule has 0 radical (unpaired) electrons. The predicted octanol–water partition coefficient (Wildman–Crippen LogP) is 1.86. The van der Waals surface area contributed by atoms with Gasteiger partial charge in [-0.25, -0.2) is 4.79 Å². The number of nitrogens with one attached hydrogen (secondary N) is 1. The van der Waals surface area contributed by atoms with Gasteiger partial charge in [0, 0.05) is 0 Å². The van der Waals surface area contributed by atoms with Gasteiger partial charge in [-0.3, -0.25) is 4.79 Å². The highest BCUT2D eigenvalue weighted by molar-refractivity contribution is 5.84. The summed E-state index contributed by atoms with van der Waals surface area (Å²) in [5.41, 5.74) is -0.915. The Morgan fingerprint density at radius 2 is 2.08 bits per heavy atom. The lowest BCUT2D eigenvalue weighted by Crippen LogP contribution is -2.45. The molecule has 0 fully saturated rings. The summed E-state index contributed by atoms with van der Waals surface area (Å²) in [6, 6.07) is 2.70. The quantitative estimate of drug-likeness (QED) is 0.526. The fourth-order valence-electron chi connectivity index (χ4n) is 1.59. The molecular weight excluding hydrogens is 331 g/mol. The minimum Gasteiger partial charge on any atom is -0.484 e. The van der Waals surface area contributed by atoms with Crippen molar-refractivity contribution in [2.75, 3.05) is 19.8 Å². The highest BCUT2D eigenvalue weighted by Gasteiger charge is 2.30. The van der Waals surface area contributed by atoms with Crippen LogP contribution in [0, 0.1) is 0 Å². The average Bonchev–Trinajstić information content (AvgIpc) is 2.51. The smallest absolute Gasteiger partial charge is 0.416 e. The van der Waals surface area contributed by atoms with Gasteiger partial charge in [0.05, 0.1) is 18.8 Å². The number of benzene rings is 1. The van der Waals surface area contributed by atoms with Gasteiger partial charge in [0.25, 0.3) is 5.91 Å². The molecule has 0 aliphatic rings. The van der Waals surface area contributed by atoms with Crippen molar-refractivity contribution in [2.24, 2.45) is 0 Å². The first-order valence-electron chi connectivity index (χ1n) is 6.75. The van der Waals surface area contributed by atoms with Gasteiger partial charge >= 0.3 is 12.1 Å². The van der Waals surface area contributed by atoms with Crippen LogP contribution in [0.1, 0.15) is 5.56 Å². The Morgan fingerprint density at radius 3 is 2.67 bits per heavy atom. The lowest BCUT2D eigenvalue weighted by Gasteiger charge is -2.15. The van der Waals surface area contributed by atoms with Gasteiger partial charge in [-0.05, 0) is 18.2 Å². The number of carbonyl (C=O) groups excluding carboxylic acids is 1. The van der Waals surface area contributed by atoms with Gasteiger partial charge in [0.1, 0.15) is 5.75 Å². The van der Waals surface area contributed by atoms with Gasteiger partial charge in [-0.2, -0.15) is 13.2 Å². The van der Waals surface area contributed by atoms with Crippen LogP contribution in [0.4, 0.5) is 13.2 Å². The zero-order valence-corrected chi connectivity index (χ0v) is 12.5. The summed E-state index contributed by atoms with van der Waals surface area (Å²) < 4.78 is 47.6. The Hall–Kier alpha value is -2.55. The van der Waals surface area contributed by atoms with E-state index in [1.165, 1.54) is 12.1 Å². The van der Waals surface area contributed by atoms with Crippen LogP contribution in [-0.4, -0.2) is 42.8 Å². The third-order valence-corrected chi connectivity index (χ3v) is 2.68. The first kappa shape index (κ1) is 19.5. The summed E-state index contributed by atoms with van der Waals surface area (Å²) in [4.78, 5) is 22.6. The minimum atomic E-state index is -4.53. The summed E-state index contributed by atoms with van der Waals surface area (Å²) in [5, 5.41) is 11.1. The van der Waals surface area contributed by atoms with Crippen molar-refractivity contribution in [3.05, 3.63) is 42.5 Å². The number of carbonyl (C=O) groups is 2. The lowest BCUT2D eigenvalue weighted by molar-refractivity contribution is -0.143. The molecule has 0 aromatic heterocycles. The van der Waals surface area contributed by atoms with Crippen LogP contribution in [0.2, 0.25) is 0 Å². The van der Waals surface area contributed by atoms with E-state index >= 15 is 0 Å². The SMILES string of the molecule is C=CCOCC(NC(=O)COc1cccc(C(F)(F)F)c1)C(=O)O. The summed E-state index contributed by atoms with van der Waals surface area (Å²) in [7, 11) is 0. The molecule has 9 heteroatoms. The van der Waals surface area contributed by atoms with Crippen LogP contribution in [0.3, 0.4) is 0 Å². The minimum absolute atomic E-state index is 0.111. The van der Waals surface area contributed by atoms with Crippen LogP contribution < -0.4 is 10.1 Å². The molecule has 1 unspecified atom stereocenters. The third kappa shape index (κ3) is 6.69. The molecule has 1 aromatic carbocycles. The van der Waals surface area contributed by atoms with Crippen molar-refractivity contribution in [1.82, 2.24) is 5.32 Å². The Kier molecular flexibility index (Phi) is 7.25. The number of halogens is 3. The standard InChI is InChI=1S/C15H16F3NO5/c1-2-6-23-8-12(14(21)22)19-13(20)9-24-11-5-3-4-10(7-11)15(16,17)18/h2-5,7,12H,1,6,8-9H2,(H,19,20)(H,21,22). The molecule has 1 aromatic rings. The molecular formula is C15H16F3NO5. The van der Waals surface area contributed by atoms with Gasteiger partial charge in [-0.1, -0.05) is 12.1 Å². The van der Waals surface area contributed by atoms with E-state index in [1.807, 2.05) is 0 Å². The number of hydrogen-bond donors (Lipinski definition) is 2. The summed E-state index contributed by atoms with van der Waals surface area (Å²) >= 11 is 0. The van der Waals surface area contributed by atoms with Gasteiger partial charge in [0.2, 0.25) is 0 Å². The molecule has 0 heterocycles. The van der Waals surface area contributed by atoms with Gasteiger partial charge in [0.15, 0.2) is 12.6 Å². The predicted molar refractivity (Wildman–Crippen MR) is 77.5 cm³/mol. The van der Waals surface area contributed by atoms with E-state index in [1.54, 1.807) is 0 Å². The van der Waals surface area contributed by atoms with Crippen LogP contribution in [0.25, 0.3) is 0 Å². The van der Waals surface area contributed by atoms with Crippen molar-refractivity contribution in [3.63, 3.8) is 0 Å². The van der Waals surface area contributed by atoms with Crippen molar-refractivity contribution >= 4 is 11.9 Å². The maximum Gasteiger partial charge on any atom is 0.416 e. The van der Waals surface area contributed by atoms with Crippen LogP contribution in [0.15, 0.2) is 36.9 Å². The first-order valence-corrected chi connectivity index (χ1v) is 6.75. The number of carboxylic acids is 1. The van der Waals surface area contributed by atoms with E-state index in [2.05, 4.69) is 11.9 Å². The molecule has 0 aliphatic heterocycles. The second-order valence-corrected chi connectivity index (χ2v) is 4.60. The molecule has 0 saturated heterocycles. The maximum atomic E-state index is 12.6. The van der Waals surface area contributed by atoms with Crippen molar-refractivity contribution in [3.8, 4) is 5.75 Å². The zero-order chi connectivity index (χ0) is 18.2. The second-order valence-electron chi connectivity index (χ2n) is 4.60. The number of aliphatic carboxylic acids is 1. The highest BCUT2D eigenvalue weighted by atomic mass is 19.4. The van der Waals surface area contributed by atoms with Crippen LogP contribution in [0.5, 0.6) is 5.75 Å². The Labute approximate surface area is 135 Å². The van der Waals surface area contributed by atoms with Gasteiger partial charge < -0.3 is 19.9 Å².